The number of hydrogen-bond donors (Lipinski definition) is 3. The molecule has 0 saturated heterocycles. The molecule has 0 spiro atoms. The van der Waals surface area contributed by atoms with Gasteiger partial charge in [0.05, 0.1) is 0 Å². The second-order valence-corrected chi connectivity index (χ2v) is 6.25. The predicted molar refractivity (Wildman–Crippen MR) is 92.5 cm³/mol. The summed E-state index contributed by atoms with van der Waals surface area (Å²) >= 11 is 0. The van der Waals surface area contributed by atoms with E-state index in [2.05, 4.69) is 16.0 Å². The average Bonchev–Trinajstić information content (AvgIpc) is 2.55. The van der Waals surface area contributed by atoms with Gasteiger partial charge in [-0.05, 0) is 38.3 Å². The first kappa shape index (κ1) is 17.3. The van der Waals surface area contributed by atoms with Crippen LogP contribution < -0.4 is 16.0 Å². The van der Waals surface area contributed by atoms with Gasteiger partial charge in [-0.15, -0.1) is 0 Å². The molecule has 0 aliphatic heterocycles. The molecule has 126 valence electrons. The first-order chi connectivity index (χ1) is 11.1. The summed E-state index contributed by atoms with van der Waals surface area (Å²) < 4.78 is 0. The summed E-state index contributed by atoms with van der Waals surface area (Å²) in [4.78, 5) is 23.6. The SMILES string of the molecule is Cc1ccc(NC(=O)CCCNC(=O)NC2CCCCC2)cc1. The maximum atomic E-state index is 11.8. The third kappa shape index (κ3) is 6.72. The molecule has 1 fully saturated rings. The number of anilines is 1. The van der Waals surface area contributed by atoms with Gasteiger partial charge in [0.1, 0.15) is 0 Å². The van der Waals surface area contributed by atoms with Gasteiger partial charge >= 0.3 is 6.03 Å². The predicted octanol–water partition coefficient (Wildman–Crippen LogP) is 3.35. The maximum Gasteiger partial charge on any atom is 0.315 e. The minimum absolute atomic E-state index is 0.0247. The van der Waals surface area contributed by atoms with Crippen LogP contribution in [-0.4, -0.2) is 24.5 Å². The van der Waals surface area contributed by atoms with Gasteiger partial charge in [0.25, 0.3) is 0 Å². The Labute approximate surface area is 138 Å². The van der Waals surface area contributed by atoms with Crippen molar-refractivity contribution in [3.05, 3.63) is 29.8 Å². The number of benzene rings is 1. The molecule has 23 heavy (non-hydrogen) atoms. The van der Waals surface area contributed by atoms with Gasteiger partial charge in [0.15, 0.2) is 0 Å². The standard InChI is InChI=1S/C18H27N3O2/c1-14-9-11-16(12-10-14)20-17(22)8-5-13-19-18(23)21-15-6-3-2-4-7-15/h9-12,15H,2-8,13H2,1H3,(H,20,22)(H2,19,21,23). The molecule has 1 aliphatic carbocycles. The number of amides is 3. The van der Waals surface area contributed by atoms with E-state index in [1.54, 1.807) is 0 Å². The summed E-state index contributed by atoms with van der Waals surface area (Å²) in [5.41, 5.74) is 1.97. The Morgan fingerprint density at radius 1 is 1.09 bits per heavy atom. The van der Waals surface area contributed by atoms with Crippen molar-refractivity contribution in [1.82, 2.24) is 10.6 Å². The molecule has 2 rings (SSSR count). The van der Waals surface area contributed by atoms with Crippen LogP contribution in [0.15, 0.2) is 24.3 Å². The second kappa shape index (κ2) is 9.18. The first-order valence-electron chi connectivity index (χ1n) is 8.54. The monoisotopic (exact) mass is 317 g/mol. The molecule has 0 unspecified atom stereocenters. The fraction of sp³-hybridized carbons (Fsp3) is 0.556. The summed E-state index contributed by atoms with van der Waals surface area (Å²) in [5, 5.41) is 8.68. The summed E-state index contributed by atoms with van der Waals surface area (Å²) in [6, 6.07) is 7.91. The molecule has 1 aliphatic rings. The van der Waals surface area contributed by atoms with Gasteiger partial charge < -0.3 is 16.0 Å². The van der Waals surface area contributed by atoms with Crippen LogP contribution in [0, 0.1) is 6.92 Å². The number of carbonyl (C=O) groups excluding carboxylic acids is 2. The Balaban J connectivity index is 1.56. The lowest BCUT2D eigenvalue weighted by atomic mass is 9.96. The highest BCUT2D eigenvalue weighted by molar-refractivity contribution is 5.90. The van der Waals surface area contributed by atoms with E-state index in [1.807, 2.05) is 31.2 Å². The van der Waals surface area contributed by atoms with Crippen LogP contribution in [0.2, 0.25) is 0 Å². The minimum atomic E-state index is -0.115. The number of nitrogens with one attached hydrogen (secondary N) is 3. The summed E-state index contributed by atoms with van der Waals surface area (Å²) in [5.74, 6) is -0.0247. The largest absolute Gasteiger partial charge is 0.338 e. The van der Waals surface area contributed by atoms with Crippen LogP contribution in [0.5, 0.6) is 0 Å². The molecule has 5 heteroatoms. The highest BCUT2D eigenvalue weighted by atomic mass is 16.2. The topological polar surface area (TPSA) is 70.2 Å². The van der Waals surface area contributed by atoms with E-state index >= 15 is 0 Å². The summed E-state index contributed by atoms with van der Waals surface area (Å²) in [7, 11) is 0. The molecule has 5 nitrogen and oxygen atoms in total. The van der Waals surface area contributed by atoms with Crippen LogP contribution in [-0.2, 0) is 4.79 Å². The molecule has 0 heterocycles. The van der Waals surface area contributed by atoms with Crippen LogP contribution in [0.3, 0.4) is 0 Å². The van der Waals surface area contributed by atoms with Crippen molar-refractivity contribution in [3.63, 3.8) is 0 Å². The molecule has 0 aromatic heterocycles. The molecule has 1 aromatic rings. The molecular weight excluding hydrogens is 290 g/mol. The van der Waals surface area contributed by atoms with E-state index in [-0.39, 0.29) is 11.9 Å². The maximum absolute atomic E-state index is 11.8. The van der Waals surface area contributed by atoms with Crippen molar-refractivity contribution >= 4 is 17.6 Å². The van der Waals surface area contributed by atoms with Gasteiger partial charge in [-0.3, -0.25) is 4.79 Å². The Bertz CT molecular complexity index is 508. The van der Waals surface area contributed by atoms with Crippen molar-refractivity contribution in [2.24, 2.45) is 0 Å². The van der Waals surface area contributed by atoms with Crippen LogP contribution in [0.1, 0.15) is 50.5 Å². The average molecular weight is 317 g/mol. The zero-order valence-electron chi connectivity index (χ0n) is 13.9. The summed E-state index contributed by atoms with van der Waals surface area (Å²) in [6.45, 7) is 2.52. The normalized spacial score (nSPS) is 15.0. The van der Waals surface area contributed by atoms with Crippen molar-refractivity contribution in [2.75, 3.05) is 11.9 Å². The Morgan fingerprint density at radius 3 is 2.48 bits per heavy atom. The van der Waals surface area contributed by atoms with E-state index < -0.39 is 0 Å². The second-order valence-electron chi connectivity index (χ2n) is 6.25. The minimum Gasteiger partial charge on any atom is -0.338 e. The fourth-order valence-electron chi connectivity index (χ4n) is 2.79. The number of carbonyl (C=O) groups is 2. The lowest BCUT2D eigenvalue weighted by Gasteiger charge is -2.22. The first-order valence-corrected chi connectivity index (χ1v) is 8.54. The van der Waals surface area contributed by atoms with Crippen molar-refractivity contribution in [1.29, 1.82) is 0 Å². The van der Waals surface area contributed by atoms with E-state index in [1.165, 1.54) is 19.3 Å². The summed E-state index contributed by atoms with van der Waals surface area (Å²) in [6.07, 6.45) is 6.86. The Hall–Kier alpha value is -2.04. The fourth-order valence-corrected chi connectivity index (χ4v) is 2.79. The molecule has 3 N–H and O–H groups in total. The number of urea groups is 1. The molecule has 0 bridgehead atoms. The Morgan fingerprint density at radius 2 is 1.78 bits per heavy atom. The van der Waals surface area contributed by atoms with Gasteiger partial charge in [0.2, 0.25) is 5.91 Å². The van der Waals surface area contributed by atoms with Crippen LogP contribution in [0.4, 0.5) is 10.5 Å². The molecule has 1 aromatic carbocycles. The number of aryl methyl sites for hydroxylation is 1. The molecule has 3 amide bonds. The van der Waals surface area contributed by atoms with E-state index in [0.29, 0.717) is 25.4 Å². The van der Waals surface area contributed by atoms with E-state index in [4.69, 9.17) is 0 Å². The molecule has 1 saturated carbocycles. The Kier molecular flexibility index (Phi) is 6.91. The highest BCUT2D eigenvalue weighted by Crippen LogP contribution is 2.17. The molecule has 0 radical (unpaired) electrons. The third-order valence-electron chi connectivity index (χ3n) is 4.14. The lowest BCUT2D eigenvalue weighted by Crippen LogP contribution is -2.43. The number of hydrogen-bond acceptors (Lipinski definition) is 2. The van der Waals surface area contributed by atoms with Gasteiger partial charge in [-0.2, -0.15) is 0 Å². The van der Waals surface area contributed by atoms with Crippen molar-refractivity contribution in [3.8, 4) is 0 Å². The molecular formula is C18H27N3O2. The lowest BCUT2D eigenvalue weighted by molar-refractivity contribution is -0.116. The number of rotatable bonds is 6. The van der Waals surface area contributed by atoms with E-state index in [9.17, 15) is 9.59 Å². The van der Waals surface area contributed by atoms with Gasteiger partial charge in [-0.25, -0.2) is 4.79 Å². The molecule has 0 atom stereocenters. The quantitative estimate of drug-likeness (QED) is 0.704. The van der Waals surface area contributed by atoms with Crippen LogP contribution >= 0.6 is 0 Å². The van der Waals surface area contributed by atoms with Crippen LogP contribution in [0.25, 0.3) is 0 Å². The van der Waals surface area contributed by atoms with Crippen molar-refractivity contribution in [2.45, 2.75) is 57.9 Å². The smallest absolute Gasteiger partial charge is 0.315 e. The van der Waals surface area contributed by atoms with E-state index in [0.717, 1.165) is 24.1 Å². The highest BCUT2D eigenvalue weighted by Gasteiger charge is 2.15. The van der Waals surface area contributed by atoms with Crippen molar-refractivity contribution < 1.29 is 9.59 Å². The zero-order valence-corrected chi connectivity index (χ0v) is 13.9. The van der Waals surface area contributed by atoms with Gasteiger partial charge in [0, 0.05) is 24.7 Å². The van der Waals surface area contributed by atoms with Gasteiger partial charge in [-0.1, -0.05) is 37.0 Å². The zero-order chi connectivity index (χ0) is 16.5. The third-order valence-corrected chi connectivity index (χ3v) is 4.14.